The van der Waals surface area contributed by atoms with Crippen molar-refractivity contribution in [2.24, 2.45) is 5.41 Å². The molecule has 0 radical (unpaired) electrons. The van der Waals surface area contributed by atoms with Crippen LogP contribution in [-0.2, 0) is 6.54 Å². The summed E-state index contributed by atoms with van der Waals surface area (Å²) in [5.41, 5.74) is 0.460. The van der Waals surface area contributed by atoms with E-state index in [9.17, 15) is 9.90 Å². The quantitative estimate of drug-likeness (QED) is 0.873. The van der Waals surface area contributed by atoms with E-state index in [4.69, 9.17) is 11.6 Å². The minimum Gasteiger partial charge on any atom is -0.396 e. The summed E-state index contributed by atoms with van der Waals surface area (Å²) in [7, 11) is 0. The Balaban J connectivity index is 2.01. The fraction of sp³-hybridized carbons (Fsp3) is 0.643. The first-order valence-corrected chi connectivity index (χ1v) is 7.23. The molecule has 1 fully saturated rings. The molecule has 2 rings (SSSR count). The number of hydrogen-bond donors (Lipinski definition) is 2. The van der Waals surface area contributed by atoms with Gasteiger partial charge in [0.05, 0.1) is 11.6 Å². The van der Waals surface area contributed by atoms with E-state index >= 15 is 0 Å². The lowest BCUT2D eigenvalue weighted by atomic mass is 9.87. The first kappa shape index (κ1) is 14.4. The van der Waals surface area contributed by atoms with Gasteiger partial charge in [-0.1, -0.05) is 24.4 Å². The van der Waals surface area contributed by atoms with Crippen LogP contribution in [0.5, 0.6) is 0 Å². The first-order valence-electron chi connectivity index (χ1n) is 6.85. The number of aryl methyl sites for hydroxylation is 1. The van der Waals surface area contributed by atoms with E-state index in [1.165, 1.54) is 0 Å². The highest BCUT2D eigenvalue weighted by Gasteiger charge is 2.33. The van der Waals surface area contributed by atoms with Gasteiger partial charge in [0.15, 0.2) is 0 Å². The molecule has 0 saturated heterocycles. The third kappa shape index (κ3) is 3.12. The Morgan fingerprint density at radius 1 is 1.53 bits per heavy atom. The molecule has 1 aliphatic rings. The Morgan fingerprint density at radius 2 is 2.21 bits per heavy atom. The summed E-state index contributed by atoms with van der Waals surface area (Å²) in [4.78, 5) is 12.2. The van der Waals surface area contributed by atoms with E-state index in [2.05, 4.69) is 5.32 Å². The molecule has 1 aromatic rings. The summed E-state index contributed by atoms with van der Waals surface area (Å²) >= 11 is 5.93. The molecule has 0 spiro atoms. The van der Waals surface area contributed by atoms with E-state index < -0.39 is 0 Å². The molecule has 0 atom stereocenters. The van der Waals surface area contributed by atoms with Crippen LogP contribution in [0.15, 0.2) is 12.3 Å². The molecule has 0 bridgehead atoms. The molecule has 106 valence electrons. The Kier molecular flexibility index (Phi) is 4.53. The summed E-state index contributed by atoms with van der Waals surface area (Å²) in [6.45, 7) is 3.36. The summed E-state index contributed by atoms with van der Waals surface area (Å²) in [5, 5.41) is 13.0. The number of carbonyl (C=O) groups excluding carboxylic acids is 1. The van der Waals surface area contributed by atoms with Crippen LogP contribution in [0.4, 0.5) is 0 Å². The third-order valence-corrected chi connectivity index (χ3v) is 4.27. The molecule has 4 nitrogen and oxygen atoms in total. The molecule has 1 aromatic heterocycles. The van der Waals surface area contributed by atoms with Gasteiger partial charge in [-0.25, -0.2) is 0 Å². The Bertz CT molecular complexity index is 450. The fourth-order valence-electron chi connectivity index (χ4n) is 2.80. The van der Waals surface area contributed by atoms with E-state index in [-0.39, 0.29) is 17.9 Å². The van der Waals surface area contributed by atoms with Crippen molar-refractivity contribution in [3.63, 3.8) is 0 Å². The number of amides is 1. The van der Waals surface area contributed by atoms with Gasteiger partial charge < -0.3 is 15.0 Å². The summed E-state index contributed by atoms with van der Waals surface area (Å²) < 4.78 is 1.83. The monoisotopic (exact) mass is 284 g/mol. The number of rotatable bonds is 5. The summed E-state index contributed by atoms with van der Waals surface area (Å²) in [6, 6.07) is 1.68. The number of nitrogens with zero attached hydrogens (tertiary/aromatic N) is 1. The highest BCUT2D eigenvalue weighted by atomic mass is 35.5. The molecule has 0 aromatic carbocycles. The van der Waals surface area contributed by atoms with Gasteiger partial charge in [-0.3, -0.25) is 4.79 Å². The number of hydrogen-bond acceptors (Lipinski definition) is 2. The van der Waals surface area contributed by atoms with Crippen LogP contribution in [0, 0.1) is 5.41 Å². The normalized spacial score (nSPS) is 17.6. The Morgan fingerprint density at radius 3 is 2.79 bits per heavy atom. The zero-order valence-corrected chi connectivity index (χ0v) is 12.0. The number of aliphatic hydroxyl groups excluding tert-OH is 1. The molecular formula is C14H21ClN2O2. The Hall–Kier alpha value is -1.00. The predicted molar refractivity (Wildman–Crippen MR) is 75.4 cm³/mol. The summed E-state index contributed by atoms with van der Waals surface area (Å²) in [5.74, 6) is -0.117. The number of carbonyl (C=O) groups is 1. The van der Waals surface area contributed by atoms with Crippen molar-refractivity contribution in [3.05, 3.63) is 23.0 Å². The van der Waals surface area contributed by atoms with Gasteiger partial charge >= 0.3 is 0 Å². The van der Waals surface area contributed by atoms with E-state index in [0.717, 1.165) is 25.7 Å². The van der Waals surface area contributed by atoms with Gasteiger partial charge in [-0.15, -0.1) is 0 Å². The second-order valence-electron chi connectivity index (χ2n) is 5.38. The molecule has 1 amide bonds. The number of nitrogens with one attached hydrogen (secondary N) is 1. The molecule has 5 heteroatoms. The predicted octanol–water partition coefficient (Wildman–Crippen LogP) is 2.44. The van der Waals surface area contributed by atoms with E-state index in [0.29, 0.717) is 23.8 Å². The maximum atomic E-state index is 12.2. The second kappa shape index (κ2) is 5.97. The average molecular weight is 285 g/mol. The second-order valence-corrected chi connectivity index (χ2v) is 5.81. The third-order valence-electron chi connectivity index (χ3n) is 4.06. The van der Waals surface area contributed by atoms with Crippen molar-refractivity contribution in [2.75, 3.05) is 13.2 Å². The lowest BCUT2D eigenvalue weighted by Gasteiger charge is -2.26. The van der Waals surface area contributed by atoms with Gasteiger partial charge in [0.2, 0.25) is 0 Å². The lowest BCUT2D eigenvalue weighted by molar-refractivity contribution is 0.0872. The van der Waals surface area contributed by atoms with Crippen LogP contribution in [-0.4, -0.2) is 28.7 Å². The van der Waals surface area contributed by atoms with Crippen LogP contribution in [0.2, 0.25) is 5.02 Å². The highest BCUT2D eigenvalue weighted by molar-refractivity contribution is 6.31. The van der Waals surface area contributed by atoms with Crippen molar-refractivity contribution in [2.45, 2.75) is 39.2 Å². The van der Waals surface area contributed by atoms with Crippen molar-refractivity contribution >= 4 is 17.5 Å². The van der Waals surface area contributed by atoms with Crippen LogP contribution in [0.3, 0.4) is 0 Å². The molecular weight excluding hydrogens is 264 g/mol. The average Bonchev–Trinajstić information content (AvgIpc) is 3.03. The molecule has 1 aliphatic carbocycles. The number of aromatic nitrogens is 1. The largest absolute Gasteiger partial charge is 0.396 e. The molecule has 2 N–H and O–H groups in total. The van der Waals surface area contributed by atoms with Gasteiger partial charge in [0.25, 0.3) is 5.91 Å². The maximum absolute atomic E-state index is 12.2. The van der Waals surface area contributed by atoms with Crippen molar-refractivity contribution in [3.8, 4) is 0 Å². The van der Waals surface area contributed by atoms with Crippen LogP contribution in [0.25, 0.3) is 0 Å². The Labute approximate surface area is 118 Å². The van der Waals surface area contributed by atoms with E-state index in [1.807, 2.05) is 11.5 Å². The standard InChI is InChI=1S/C14H21ClN2O2/c1-2-17-8-11(15)7-12(17)13(19)16-9-14(10-18)5-3-4-6-14/h7-8,18H,2-6,9-10H2,1H3,(H,16,19). The minimum absolute atomic E-state index is 0.117. The zero-order valence-electron chi connectivity index (χ0n) is 11.3. The molecule has 0 unspecified atom stereocenters. The SMILES string of the molecule is CCn1cc(Cl)cc1C(=O)NCC1(CO)CCCC1. The van der Waals surface area contributed by atoms with E-state index in [1.54, 1.807) is 12.3 Å². The van der Waals surface area contributed by atoms with Gasteiger partial charge in [0, 0.05) is 24.7 Å². The molecule has 1 heterocycles. The van der Waals surface area contributed by atoms with Gasteiger partial charge in [-0.05, 0) is 25.8 Å². The van der Waals surface area contributed by atoms with Crippen molar-refractivity contribution in [1.82, 2.24) is 9.88 Å². The number of halogens is 1. The highest BCUT2D eigenvalue weighted by Crippen LogP contribution is 2.36. The van der Waals surface area contributed by atoms with Crippen LogP contribution in [0.1, 0.15) is 43.1 Å². The minimum atomic E-state index is -0.122. The summed E-state index contributed by atoms with van der Waals surface area (Å²) in [6.07, 6.45) is 5.99. The smallest absolute Gasteiger partial charge is 0.267 e. The zero-order chi connectivity index (χ0) is 13.9. The number of aliphatic hydroxyl groups is 1. The van der Waals surface area contributed by atoms with Crippen LogP contribution >= 0.6 is 11.6 Å². The topological polar surface area (TPSA) is 54.3 Å². The molecule has 0 aliphatic heterocycles. The van der Waals surface area contributed by atoms with Gasteiger partial charge in [0.1, 0.15) is 5.69 Å². The molecule has 1 saturated carbocycles. The van der Waals surface area contributed by atoms with Gasteiger partial charge in [-0.2, -0.15) is 0 Å². The fourth-order valence-corrected chi connectivity index (χ4v) is 3.02. The first-order chi connectivity index (χ1) is 9.10. The van der Waals surface area contributed by atoms with Crippen molar-refractivity contribution in [1.29, 1.82) is 0 Å². The lowest BCUT2D eigenvalue weighted by Crippen LogP contribution is -2.38. The van der Waals surface area contributed by atoms with Crippen LogP contribution < -0.4 is 5.32 Å². The van der Waals surface area contributed by atoms with Crippen molar-refractivity contribution < 1.29 is 9.90 Å². The maximum Gasteiger partial charge on any atom is 0.267 e. The molecule has 19 heavy (non-hydrogen) atoms.